The summed E-state index contributed by atoms with van der Waals surface area (Å²) in [5, 5.41) is 7.46. The van der Waals surface area contributed by atoms with Gasteiger partial charge < -0.3 is 14.3 Å². The average Bonchev–Trinajstić information content (AvgIpc) is 3.42. The molecule has 5 rings (SSSR count). The van der Waals surface area contributed by atoms with Crippen LogP contribution in [0.4, 0.5) is 10.2 Å². The Morgan fingerprint density at radius 3 is 2.68 bits per heavy atom. The van der Waals surface area contributed by atoms with E-state index in [-0.39, 0.29) is 11.7 Å². The predicted molar refractivity (Wildman–Crippen MR) is 112 cm³/mol. The average molecular weight is 414 g/mol. The molecular formula is C23H15FN4O3. The molecule has 31 heavy (non-hydrogen) atoms. The van der Waals surface area contributed by atoms with Crippen LogP contribution in [0.2, 0.25) is 0 Å². The molecule has 1 N–H and O–H groups in total. The maximum Gasteiger partial charge on any atom is 0.256 e. The third-order valence-electron chi connectivity index (χ3n) is 4.72. The van der Waals surface area contributed by atoms with Crippen molar-refractivity contribution in [1.29, 1.82) is 0 Å². The van der Waals surface area contributed by atoms with E-state index in [0.717, 1.165) is 5.56 Å². The number of carbonyl (C=O) groups is 1. The first kappa shape index (κ1) is 18.7. The summed E-state index contributed by atoms with van der Waals surface area (Å²) in [6.07, 6.45) is 3.12. The summed E-state index contributed by atoms with van der Waals surface area (Å²) >= 11 is 0. The number of amides is 1. The molecule has 0 aliphatic carbocycles. The second kappa shape index (κ2) is 7.49. The van der Waals surface area contributed by atoms with Crippen molar-refractivity contribution in [3.8, 4) is 22.8 Å². The van der Waals surface area contributed by atoms with Gasteiger partial charge in [-0.25, -0.2) is 14.4 Å². The van der Waals surface area contributed by atoms with Crippen molar-refractivity contribution in [1.82, 2.24) is 15.1 Å². The first-order chi connectivity index (χ1) is 15.1. The van der Waals surface area contributed by atoms with Gasteiger partial charge in [-0.2, -0.15) is 0 Å². The first-order valence-corrected chi connectivity index (χ1v) is 9.42. The van der Waals surface area contributed by atoms with E-state index < -0.39 is 0 Å². The molecule has 0 unspecified atom stereocenters. The van der Waals surface area contributed by atoms with E-state index in [4.69, 9.17) is 8.94 Å². The van der Waals surface area contributed by atoms with Crippen molar-refractivity contribution < 1.29 is 18.1 Å². The van der Waals surface area contributed by atoms with Gasteiger partial charge in [-0.05, 0) is 61.0 Å². The zero-order chi connectivity index (χ0) is 21.4. The summed E-state index contributed by atoms with van der Waals surface area (Å²) in [5.41, 5.74) is 3.44. The summed E-state index contributed by atoms with van der Waals surface area (Å²) in [5.74, 6) is 0.134. The van der Waals surface area contributed by atoms with E-state index in [2.05, 4.69) is 20.4 Å². The minimum Gasteiger partial charge on any atom is -0.444 e. The number of rotatable bonds is 4. The molecule has 0 spiro atoms. The molecule has 2 aromatic carbocycles. The van der Waals surface area contributed by atoms with Gasteiger partial charge in [0.05, 0.1) is 5.39 Å². The molecule has 0 saturated heterocycles. The van der Waals surface area contributed by atoms with Crippen LogP contribution in [-0.4, -0.2) is 21.0 Å². The number of pyridine rings is 1. The zero-order valence-electron chi connectivity index (χ0n) is 16.3. The van der Waals surface area contributed by atoms with E-state index in [1.54, 1.807) is 42.6 Å². The number of hydrogen-bond acceptors (Lipinski definition) is 6. The van der Waals surface area contributed by atoms with Crippen molar-refractivity contribution in [2.45, 2.75) is 6.92 Å². The highest BCUT2D eigenvalue weighted by Crippen LogP contribution is 2.30. The Labute approximate surface area is 175 Å². The number of aryl methyl sites for hydroxylation is 1. The van der Waals surface area contributed by atoms with Crippen LogP contribution in [0.5, 0.6) is 0 Å². The number of benzene rings is 2. The fourth-order valence-corrected chi connectivity index (χ4v) is 3.10. The third kappa shape index (κ3) is 3.66. The summed E-state index contributed by atoms with van der Waals surface area (Å²) in [6.45, 7) is 1.92. The van der Waals surface area contributed by atoms with Crippen LogP contribution >= 0.6 is 0 Å². The molecule has 8 heteroatoms. The minimum atomic E-state index is -0.343. The molecular weight excluding hydrogens is 399 g/mol. The van der Waals surface area contributed by atoms with Crippen LogP contribution in [0.15, 0.2) is 76.0 Å². The second-order valence-electron chi connectivity index (χ2n) is 6.96. The molecule has 7 nitrogen and oxygen atoms in total. The Hall–Kier alpha value is -4.33. The molecule has 5 aromatic rings. The van der Waals surface area contributed by atoms with Crippen molar-refractivity contribution in [3.63, 3.8) is 0 Å². The van der Waals surface area contributed by atoms with Crippen LogP contribution < -0.4 is 5.32 Å². The van der Waals surface area contributed by atoms with Crippen LogP contribution in [0, 0.1) is 12.7 Å². The predicted octanol–water partition coefficient (Wildman–Crippen LogP) is 5.24. The maximum atomic E-state index is 13.2. The van der Waals surface area contributed by atoms with E-state index in [1.165, 1.54) is 18.4 Å². The van der Waals surface area contributed by atoms with Crippen molar-refractivity contribution >= 4 is 22.7 Å². The van der Waals surface area contributed by atoms with Crippen LogP contribution in [-0.2, 0) is 0 Å². The van der Waals surface area contributed by atoms with Gasteiger partial charge in [0.15, 0.2) is 5.58 Å². The lowest BCUT2D eigenvalue weighted by atomic mass is 10.1. The number of anilines is 1. The maximum absolute atomic E-state index is 13.2. The number of nitrogens with one attached hydrogen (secondary N) is 1. The molecule has 0 atom stereocenters. The van der Waals surface area contributed by atoms with Gasteiger partial charge in [-0.15, -0.1) is 0 Å². The fraction of sp³-hybridized carbons (Fsp3) is 0.0435. The lowest BCUT2D eigenvalue weighted by Crippen LogP contribution is -2.12. The summed E-state index contributed by atoms with van der Waals surface area (Å²) in [6, 6.07) is 14.4. The van der Waals surface area contributed by atoms with Gasteiger partial charge in [-0.3, -0.25) is 4.79 Å². The molecule has 0 aliphatic heterocycles. The third-order valence-corrected chi connectivity index (χ3v) is 4.72. The van der Waals surface area contributed by atoms with Crippen LogP contribution in [0.3, 0.4) is 0 Å². The topological polar surface area (TPSA) is 94.1 Å². The number of oxazole rings is 1. The van der Waals surface area contributed by atoms with Crippen molar-refractivity contribution in [2.75, 3.05) is 5.32 Å². The number of hydrogen-bond donors (Lipinski definition) is 1. The SMILES string of the molecule is Cc1ccc(NC(=O)c2ccc3onc(-c4coc(-c5ccc(F)cc5)n4)c3c2)nc1. The van der Waals surface area contributed by atoms with Gasteiger partial charge in [0.25, 0.3) is 5.91 Å². The molecule has 0 bridgehead atoms. The molecule has 0 fully saturated rings. The monoisotopic (exact) mass is 414 g/mol. The molecule has 0 radical (unpaired) electrons. The molecule has 0 aliphatic rings. The Kier molecular flexibility index (Phi) is 4.51. The van der Waals surface area contributed by atoms with Gasteiger partial charge in [-0.1, -0.05) is 11.2 Å². The number of aromatic nitrogens is 3. The van der Waals surface area contributed by atoms with Gasteiger partial charge in [0, 0.05) is 17.3 Å². The van der Waals surface area contributed by atoms with Gasteiger partial charge in [0.1, 0.15) is 29.3 Å². The van der Waals surface area contributed by atoms with Crippen LogP contribution in [0.25, 0.3) is 33.8 Å². The molecule has 3 aromatic heterocycles. The number of fused-ring (bicyclic) bond motifs is 1. The summed E-state index contributed by atoms with van der Waals surface area (Å²) in [7, 11) is 0. The highest BCUT2D eigenvalue weighted by molar-refractivity contribution is 6.06. The molecule has 3 heterocycles. The summed E-state index contributed by atoms with van der Waals surface area (Å²) < 4.78 is 24.1. The van der Waals surface area contributed by atoms with E-state index in [1.807, 2.05) is 13.0 Å². The number of nitrogens with zero attached hydrogens (tertiary/aromatic N) is 3. The quantitative estimate of drug-likeness (QED) is 0.432. The second-order valence-corrected chi connectivity index (χ2v) is 6.96. The molecule has 152 valence electrons. The van der Waals surface area contributed by atoms with E-state index >= 15 is 0 Å². The van der Waals surface area contributed by atoms with E-state index in [0.29, 0.717) is 45.2 Å². The summed E-state index contributed by atoms with van der Waals surface area (Å²) in [4.78, 5) is 21.3. The normalized spacial score (nSPS) is 11.0. The lowest BCUT2D eigenvalue weighted by molar-refractivity contribution is 0.102. The first-order valence-electron chi connectivity index (χ1n) is 9.42. The highest BCUT2D eigenvalue weighted by Gasteiger charge is 2.18. The largest absolute Gasteiger partial charge is 0.444 e. The lowest BCUT2D eigenvalue weighted by Gasteiger charge is -2.04. The standard InChI is InChI=1S/C23H15FN4O3/c1-13-2-9-20(25-11-13)27-22(29)15-5-8-19-17(10-15)21(28-31-19)18-12-30-23(26-18)14-3-6-16(24)7-4-14/h2-12H,1H3,(H,25,27,29). The minimum absolute atomic E-state index is 0.308. The highest BCUT2D eigenvalue weighted by atomic mass is 19.1. The van der Waals surface area contributed by atoms with Crippen molar-refractivity contribution in [2.24, 2.45) is 0 Å². The Bertz CT molecular complexity index is 1390. The van der Waals surface area contributed by atoms with Gasteiger partial charge in [0.2, 0.25) is 5.89 Å². The Balaban J connectivity index is 1.46. The number of carbonyl (C=O) groups excluding carboxylic acids is 1. The molecule has 0 saturated carbocycles. The van der Waals surface area contributed by atoms with Crippen molar-refractivity contribution in [3.05, 3.63) is 84.0 Å². The molecule has 1 amide bonds. The zero-order valence-corrected chi connectivity index (χ0v) is 16.3. The van der Waals surface area contributed by atoms with E-state index in [9.17, 15) is 9.18 Å². The Morgan fingerprint density at radius 2 is 1.90 bits per heavy atom. The number of halogens is 1. The Morgan fingerprint density at radius 1 is 1.06 bits per heavy atom. The fourth-order valence-electron chi connectivity index (χ4n) is 3.10. The van der Waals surface area contributed by atoms with Gasteiger partial charge >= 0.3 is 0 Å². The van der Waals surface area contributed by atoms with Crippen LogP contribution in [0.1, 0.15) is 15.9 Å². The smallest absolute Gasteiger partial charge is 0.256 e.